The van der Waals surface area contributed by atoms with Gasteiger partial charge in [-0.1, -0.05) is 6.92 Å². The molecule has 1 saturated heterocycles. The molecule has 0 N–H and O–H groups in total. The molecule has 1 aliphatic rings. The van der Waals surface area contributed by atoms with E-state index < -0.39 is 0 Å². The zero-order valence-corrected chi connectivity index (χ0v) is 7.87. The quantitative estimate of drug-likeness (QED) is 0.560. The summed E-state index contributed by atoms with van der Waals surface area (Å²) in [5.74, 6) is 0.114. The SMILES string of the molecule is CC(=O)O[C@H]1CCO[C@@H](C)[C@@H]1C. The smallest absolute Gasteiger partial charge is 0.302 e. The van der Waals surface area contributed by atoms with Crippen LogP contribution in [0.15, 0.2) is 0 Å². The minimum atomic E-state index is -0.194. The summed E-state index contributed by atoms with van der Waals surface area (Å²) in [5, 5.41) is 0. The predicted octanol–water partition coefficient (Wildman–Crippen LogP) is 1.36. The molecule has 0 radical (unpaired) electrons. The van der Waals surface area contributed by atoms with Gasteiger partial charge in [-0.15, -0.1) is 0 Å². The Balaban J connectivity index is 2.46. The van der Waals surface area contributed by atoms with Gasteiger partial charge in [0.25, 0.3) is 0 Å². The Hall–Kier alpha value is -0.570. The van der Waals surface area contributed by atoms with Crippen LogP contribution in [0.2, 0.25) is 0 Å². The number of hydrogen-bond acceptors (Lipinski definition) is 3. The lowest BCUT2D eigenvalue weighted by Crippen LogP contribution is -2.38. The van der Waals surface area contributed by atoms with Crippen molar-refractivity contribution in [1.82, 2.24) is 0 Å². The molecule has 1 rings (SSSR count). The lowest BCUT2D eigenvalue weighted by molar-refractivity contribution is -0.159. The normalized spacial score (nSPS) is 36.1. The summed E-state index contributed by atoms with van der Waals surface area (Å²) < 4.78 is 10.6. The zero-order valence-electron chi connectivity index (χ0n) is 7.87. The van der Waals surface area contributed by atoms with Gasteiger partial charge >= 0.3 is 5.97 Å². The van der Waals surface area contributed by atoms with E-state index in [1.807, 2.05) is 6.92 Å². The molecule has 1 heterocycles. The molecule has 0 aliphatic carbocycles. The van der Waals surface area contributed by atoms with E-state index in [1.54, 1.807) is 0 Å². The maximum absolute atomic E-state index is 10.7. The van der Waals surface area contributed by atoms with Crippen LogP contribution in [0.4, 0.5) is 0 Å². The van der Waals surface area contributed by atoms with Crippen LogP contribution < -0.4 is 0 Å². The molecular formula is C9H16O3. The molecule has 1 aliphatic heterocycles. The number of rotatable bonds is 1. The molecule has 0 aromatic rings. The topological polar surface area (TPSA) is 35.5 Å². The second-order valence-electron chi connectivity index (χ2n) is 3.37. The highest BCUT2D eigenvalue weighted by Crippen LogP contribution is 2.23. The first-order valence-electron chi connectivity index (χ1n) is 4.40. The number of hydrogen-bond donors (Lipinski definition) is 0. The van der Waals surface area contributed by atoms with Crippen molar-refractivity contribution in [3.05, 3.63) is 0 Å². The summed E-state index contributed by atoms with van der Waals surface area (Å²) >= 11 is 0. The Labute approximate surface area is 73.0 Å². The Bertz CT molecular complexity index is 167. The second kappa shape index (κ2) is 3.90. The molecule has 1 fully saturated rings. The Morgan fingerprint density at radius 2 is 2.17 bits per heavy atom. The van der Waals surface area contributed by atoms with Crippen LogP contribution in [0.1, 0.15) is 27.2 Å². The average Bonchev–Trinajstić information content (AvgIpc) is 1.98. The van der Waals surface area contributed by atoms with Gasteiger partial charge in [-0.25, -0.2) is 0 Å². The summed E-state index contributed by atoms with van der Waals surface area (Å²) in [6, 6.07) is 0. The number of esters is 1. The van der Waals surface area contributed by atoms with E-state index in [4.69, 9.17) is 9.47 Å². The third-order valence-electron chi connectivity index (χ3n) is 2.43. The van der Waals surface area contributed by atoms with Gasteiger partial charge in [0.2, 0.25) is 0 Å². The van der Waals surface area contributed by atoms with Crippen LogP contribution in [0.3, 0.4) is 0 Å². The zero-order chi connectivity index (χ0) is 9.14. The van der Waals surface area contributed by atoms with Gasteiger partial charge in [-0.2, -0.15) is 0 Å². The number of ether oxygens (including phenoxy) is 2. The van der Waals surface area contributed by atoms with E-state index in [0.29, 0.717) is 12.5 Å². The van der Waals surface area contributed by atoms with Crippen molar-refractivity contribution in [3.8, 4) is 0 Å². The number of carbonyl (C=O) groups is 1. The Kier molecular flexibility index (Phi) is 3.09. The van der Waals surface area contributed by atoms with E-state index in [1.165, 1.54) is 6.92 Å². The molecule has 3 nitrogen and oxygen atoms in total. The highest BCUT2D eigenvalue weighted by Gasteiger charge is 2.29. The Morgan fingerprint density at radius 3 is 2.75 bits per heavy atom. The Morgan fingerprint density at radius 1 is 1.50 bits per heavy atom. The first-order valence-corrected chi connectivity index (χ1v) is 4.40. The molecular weight excluding hydrogens is 156 g/mol. The van der Waals surface area contributed by atoms with Crippen molar-refractivity contribution < 1.29 is 14.3 Å². The molecule has 0 bridgehead atoms. The average molecular weight is 172 g/mol. The molecule has 3 heteroatoms. The van der Waals surface area contributed by atoms with Crippen LogP contribution in [0, 0.1) is 5.92 Å². The van der Waals surface area contributed by atoms with Gasteiger partial charge in [0.1, 0.15) is 6.10 Å². The van der Waals surface area contributed by atoms with E-state index in [0.717, 1.165) is 6.42 Å². The maximum atomic E-state index is 10.7. The van der Waals surface area contributed by atoms with E-state index >= 15 is 0 Å². The van der Waals surface area contributed by atoms with E-state index in [2.05, 4.69) is 6.92 Å². The summed E-state index contributed by atoms with van der Waals surface area (Å²) in [4.78, 5) is 10.7. The molecule has 0 saturated carbocycles. The molecule has 0 aromatic heterocycles. The fraction of sp³-hybridized carbons (Fsp3) is 0.889. The first kappa shape index (κ1) is 9.52. The fourth-order valence-electron chi connectivity index (χ4n) is 1.47. The van der Waals surface area contributed by atoms with Crippen LogP contribution >= 0.6 is 0 Å². The lowest BCUT2D eigenvalue weighted by atomic mass is 9.94. The molecule has 0 aromatic carbocycles. The maximum Gasteiger partial charge on any atom is 0.302 e. The van der Waals surface area contributed by atoms with Crippen LogP contribution in [-0.2, 0) is 14.3 Å². The molecule has 0 amide bonds. The van der Waals surface area contributed by atoms with Gasteiger partial charge in [0, 0.05) is 19.3 Å². The van der Waals surface area contributed by atoms with Crippen molar-refractivity contribution >= 4 is 5.97 Å². The third-order valence-corrected chi connectivity index (χ3v) is 2.43. The third kappa shape index (κ3) is 2.21. The van der Waals surface area contributed by atoms with Crippen molar-refractivity contribution in [2.75, 3.05) is 6.61 Å². The van der Waals surface area contributed by atoms with Gasteiger partial charge in [-0.3, -0.25) is 4.79 Å². The number of carbonyl (C=O) groups excluding carboxylic acids is 1. The minimum Gasteiger partial charge on any atom is -0.462 e. The van der Waals surface area contributed by atoms with Crippen LogP contribution in [-0.4, -0.2) is 24.8 Å². The monoisotopic (exact) mass is 172 g/mol. The van der Waals surface area contributed by atoms with Gasteiger partial charge in [-0.05, 0) is 6.92 Å². The van der Waals surface area contributed by atoms with Gasteiger partial charge < -0.3 is 9.47 Å². The van der Waals surface area contributed by atoms with Gasteiger partial charge in [0.15, 0.2) is 0 Å². The first-order chi connectivity index (χ1) is 5.61. The standard InChI is InChI=1S/C9H16O3/c1-6-7(2)11-5-4-9(6)12-8(3)10/h6-7,9H,4-5H2,1-3H3/t6-,7-,9-/m0/s1. The summed E-state index contributed by atoms with van der Waals surface area (Å²) in [5.41, 5.74) is 0. The second-order valence-corrected chi connectivity index (χ2v) is 3.37. The highest BCUT2D eigenvalue weighted by molar-refractivity contribution is 5.66. The van der Waals surface area contributed by atoms with Gasteiger partial charge in [0.05, 0.1) is 12.7 Å². The molecule has 0 unspecified atom stereocenters. The highest BCUT2D eigenvalue weighted by atomic mass is 16.6. The minimum absolute atomic E-state index is 0.0475. The van der Waals surface area contributed by atoms with Crippen molar-refractivity contribution in [2.45, 2.75) is 39.4 Å². The molecule has 3 atom stereocenters. The van der Waals surface area contributed by atoms with Crippen LogP contribution in [0.5, 0.6) is 0 Å². The predicted molar refractivity (Wildman–Crippen MR) is 44.7 cm³/mol. The van der Waals surface area contributed by atoms with Crippen molar-refractivity contribution in [3.63, 3.8) is 0 Å². The van der Waals surface area contributed by atoms with Crippen LogP contribution in [0.25, 0.3) is 0 Å². The van der Waals surface area contributed by atoms with Crippen molar-refractivity contribution in [2.24, 2.45) is 5.92 Å². The summed E-state index contributed by atoms with van der Waals surface area (Å²) in [6.07, 6.45) is 1.07. The fourth-order valence-corrected chi connectivity index (χ4v) is 1.47. The summed E-state index contributed by atoms with van der Waals surface area (Å²) in [7, 11) is 0. The lowest BCUT2D eigenvalue weighted by Gasteiger charge is -2.33. The molecule has 0 spiro atoms. The summed E-state index contributed by atoms with van der Waals surface area (Å²) in [6.45, 7) is 6.22. The van der Waals surface area contributed by atoms with E-state index in [-0.39, 0.29) is 18.2 Å². The molecule has 70 valence electrons. The van der Waals surface area contributed by atoms with E-state index in [9.17, 15) is 4.79 Å². The molecule has 12 heavy (non-hydrogen) atoms. The van der Waals surface area contributed by atoms with Crippen molar-refractivity contribution in [1.29, 1.82) is 0 Å². The largest absolute Gasteiger partial charge is 0.462 e.